The molecule has 1 heterocycles. The molecule has 4 aromatic rings. The van der Waals surface area contributed by atoms with E-state index < -0.39 is 11.0 Å². The minimum Gasteiger partial charge on any atom is -0.497 e. The Balaban J connectivity index is 1.74. The number of nitrogens with zero attached hydrogens (tertiary/aromatic N) is 2. The molecule has 1 aromatic heterocycles. The van der Waals surface area contributed by atoms with Gasteiger partial charge in [-0.25, -0.2) is 14.2 Å². The van der Waals surface area contributed by atoms with Crippen LogP contribution < -0.4 is 19.5 Å². The number of carbonyl (C=O) groups excluding carboxylic acids is 1. The highest BCUT2D eigenvalue weighted by molar-refractivity contribution is 7.86. The van der Waals surface area contributed by atoms with Gasteiger partial charge < -0.3 is 14.8 Å². The maximum Gasteiger partial charge on any atom is 0.182 e. The second kappa shape index (κ2) is 9.44. The summed E-state index contributed by atoms with van der Waals surface area (Å²) in [5, 5.41) is 3.21. The summed E-state index contributed by atoms with van der Waals surface area (Å²) < 4.78 is 26.5. The molecule has 0 aliphatic heterocycles. The van der Waals surface area contributed by atoms with E-state index in [0.717, 1.165) is 0 Å². The molecule has 0 fully saturated rings. The first-order chi connectivity index (χ1) is 15.6. The molecule has 1 unspecified atom stereocenters. The maximum absolute atomic E-state index is 13.0. The van der Waals surface area contributed by atoms with E-state index in [9.17, 15) is 9.00 Å². The van der Waals surface area contributed by atoms with Gasteiger partial charge in [0.25, 0.3) is 0 Å². The zero-order valence-electron chi connectivity index (χ0n) is 17.4. The third kappa shape index (κ3) is 4.68. The van der Waals surface area contributed by atoms with Crippen LogP contribution in [0.4, 0.5) is 17.3 Å². The lowest BCUT2D eigenvalue weighted by molar-refractivity contribution is 0.112. The topological polar surface area (TPSA) is 102 Å². The highest BCUT2D eigenvalue weighted by atomic mass is 32.2. The van der Waals surface area contributed by atoms with E-state index in [-0.39, 0.29) is 0 Å². The quantitative estimate of drug-likeness (QED) is 0.387. The van der Waals surface area contributed by atoms with Crippen molar-refractivity contribution in [1.29, 1.82) is 0 Å². The molecule has 32 heavy (non-hydrogen) atoms. The molecule has 4 rings (SSSR count). The van der Waals surface area contributed by atoms with Crippen LogP contribution in [0.25, 0.3) is 11.0 Å². The molecule has 162 valence electrons. The second-order valence-corrected chi connectivity index (χ2v) is 7.91. The zero-order valence-corrected chi connectivity index (χ0v) is 18.2. The van der Waals surface area contributed by atoms with Gasteiger partial charge in [0.2, 0.25) is 0 Å². The molecule has 0 spiro atoms. The minimum absolute atomic E-state index is 0.292. The Bertz CT molecular complexity index is 1290. The summed E-state index contributed by atoms with van der Waals surface area (Å²) in [5.74, 6) is 1.87. The molecule has 0 aliphatic rings. The van der Waals surface area contributed by atoms with Crippen molar-refractivity contribution in [2.75, 3.05) is 24.3 Å². The fourth-order valence-corrected chi connectivity index (χ4v) is 3.91. The number of benzene rings is 3. The zero-order chi connectivity index (χ0) is 22.5. The van der Waals surface area contributed by atoms with Crippen LogP contribution in [0.1, 0.15) is 10.4 Å². The molecule has 8 nitrogen and oxygen atoms in total. The average Bonchev–Trinajstić information content (AvgIpc) is 2.84. The number of aldehydes is 1. The third-order valence-corrected chi connectivity index (χ3v) is 5.64. The second-order valence-electron chi connectivity index (χ2n) is 6.70. The Labute approximate surface area is 187 Å². The predicted octanol–water partition coefficient (Wildman–Crippen LogP) is 4.34. The average molecular weight is 449 g/mol. The Kier molecular flexibility index (Phi) is 6.27. The van der Waals surface area contributed by atoms with Gasteiger partial charge in [0, 0.05) is 29.4 Å². The first kappa shape index (κ1) is 21.3. The van der Waals surface area contributed by atoms with Crippen molar-refractivity contribution in [2.24, 2.45) is 0 Å². The van der Waals surface area contributed by atoms with E-state index in [2.05, 4.69) is 20.0 Å². The Morgan fingerprint density at radius 2 is 1.50 bits per heavy atom. The Morgan fingerprint density at radius 1 is 0.844 bits per heavy atom. The van der Waals surface area contributed by atoms with Crippen molar-refractivity contribution in [2.45, 2.75) is 4.90 Å². The lowest BCUT2D eigenvalue weighted by Gasteiger charge is -2.14. The molecule has 0 bridgehead atoms. The first-order valence-corrected chi connectivity index (χ1v) is 10.7. The monoisotopic (exact) mass is 448 g/mol. The fraction of sp³-hybridized carbons (Fsp3) is 0.0870. The van der Waals surface area contributed by atoms with Gasteiger partial charge in [-0.05, 0) is 24.3 Å². The van der Waals surface area contributed by atoms with Crippen molar-refractivity contribution in [1.82, 2.24) is 9.97 Å². The fourth-order valence-electron chi connectivity index (χ4n) is 3.02. The van der Waals surface area contributed by atoms with Crippen LogP contribution in [0.2, 0.25) is 0 Å². The summed E-state index contributed by atoms with van der Waals surface area (Å²) in [5.41, 5.74) is 2.40. The number of rotatable bonds is 8. The number of aromatic nitrogens is 2. The SMILES string of the molecule is COc1cc(Nc2nc3ccccc3nc2NS(=O)c2cccc(C=O)c2)cc(OC)c1. The molecule has 1 atom stereocenters. The highest BCUT2D eigenvalue weighted by Gasteiger charge is 2.14. The number of hydrogen-bond donors (Lipinski definition) is 2. The number of para-hydroxylation sites is 2. The molecule has 0 saturated carbocycles. The Hall–Kier alpha value is -3.98. The number of ether oxygens (including phenoxy) is 2. The van der Waals surface area contributed by atoms with E-state index in [1.807, 2.05) is 24.3 Å². The molecular formula is C23H20N4O4S. The van der Waals surface area contributed by atoms with Crippen LogP contribution in [0.15, 0.2) is 71.6 Å². The summed E-state index contributed by atoms with van der Waals surface area (Å²) in [7, 11) is 1.46. The normalized spacial score (nSPS) is 11.6. The van der Waals surface area contributed by atoms with Crippen LogP contribution in [-0.2, 0) is 11.0 Å². The molecule has 0 amide bonds. The molecule has 0 aliphatic carbocycles. The number of anilines is 3. The summed E-state index contributed by atoms with van der Waals surface area (Å²) >= 11 is 0. The third-order valence-electron chi connectivity index (χ3n) is 4.58. The van der Waals surface area contributed by atoms with E-state index in [4.69, 9.17) is 9.47 Å². The summed E-state index contributed by atoms with van der Waals surface area (Å²) in [6.45, 7) is 0. The maximum atomic E-state index is 13.0. The number of methoxy groups -OCH3 is 2. The van der Waals surface area contributed by atoms with Gasteiger partial charge in [-0.15, -0.1) is 0 Å². The van der Waals surface area contributed by atoms with Crippen LogP contribution in [0.3, 0.4) is 0 Å². The molecule has 3 aromatic carbocycles. The van der Waals surface area contributed by atoms with Crippen molar-refractivity contribution in [3.63, 3.8) is 0 Å². The van der Waals surface area contributed by atoms with Crippen LogP contribution in [0.5, 0.6) is 11.5 Å². The van der Waals surface area contributed by atoms with Crippen LogP contribution in [-0.4, -0.2) is 34.7 Å². The van der Waals surface area contributed by atoms with Crippen molar-refractivity contribution >= 4 is 45.6 Å². The van der Waals surface area contributed by atoms with Gasteiger partial charge in [-0.3, -0.25) is 9.52 Å². The lowest BCUT2D eigenvalue weighted by Crippen LogP contribution is -2.10. The largest absolute Gasteiger partial charge is 0.497 e. The van der Waals surface area contributed by atoms with Gasteiger partial charge in [0.15, 0.2) is 22.6 Å². The van der Waals surface area contributed by atoms with Crippen LogP contribution in [0, 0.1) is 0 Å². The van der Waals surface area contributed by atoms with Crippen molar-refractivity contribution in [3.8, 4) is 11.5 Å². The van der Waals surface area contributed by atoms with Gasteiger partial charge in [0.1, 0.15) is 17.8 Å². The van der Waals surface area contributed by atoms with Gasteiger partial charge in [-0.1, -0.05) is 24.3 Å². The summed E-state index contributed by atoms with van der Waals surface area (Å²) in [6, 6.07) is 19.3. The molecular weight excluding hydrogens is 428 g/mol. The number of carbonyl (C=O) groups is 1. The minimum atomic E-state index is -1.67. The highest BCUT2D eigenvalue weighted by Crippen LogP contribution is 2.31. The molecule has 0 radical (unpaired) electrons. The van der Waals surface area contributed by atoms with E-state index >= 15 is 0 Å². The van der Waals surface area contributed by atoms with Crippen molar-refractivity contribution < 1.29 is 18.5 Å². The number of hydrogen-bond acceptors (Lipinski definition) is 7. The Morgan fingerprint density at radius 3 is 2.12 bits per heavy atom. The van der Waals surface area contributed by atoms with Crippen molar-refractivity contribution in [3.05, 3.63) is 72.3 Å². The molecule has 2 N–H and O–H groups in total. The van der Waals surface area contributed by atoms with Gasteiger partial charge in [-0.2, -0.15) is 0 Å². The van der Waals surface area contributed by atoms with Gasteiger partial charge >= 0.3 is 0 Å². The van der Waals surface area contributed by atoms with Gasteiger partial charge in [0.05, 0.1) is 30.1 Å². The summed E-state index contributed by atoms with van der Waals surface area (Å²) in [4.78, 5) is 20.8. The van der Waals surface area contributed by atoms with E-state index in [1.165, 1.54) is 0 Å². The smallest absolute Gasteiger partial charge is 0.182 e. The molecule has 0 saturated heterocycles. The predicted molar refractivity (Wildman–Crippen MR) is 124 cm³/mol. The standard InChI is InChI=1S/C23H20N4O4S/c1-30-17-11-16(12-18(13-17)31-2)24-22-23(26-21-9-4-3-8-20(21)25-22)27-32(29)19-7-5-6-15(10-19)14-28/h3-14H,1-2H3,(H,24,25)(H,26,27). The van der Waals surface area contributed by atoms with E-state index in [1.54, 1.807) is 56.7 Å². The van der Waals surface area contributed by atoms with Crippen LogP contribution >= 0.6 is 0 Å². The number of nitrogens with one attached hydrogen (secondary N) is 2. The lowest BCUT2D eigenvalue weighted by atomic mass is 10.2. The van der Waals surface area contributed by atoms with E-state index in [0.29, 0.717) is 56.6 Å². The summed E-state index contributed by atoms with van der Waals surface area (Å²) in [6.07, 6.45) is 0.708. The molecule has 9 heteroatoms. The number of fused-ring (bicyclic) bond motifs is 1. The first-order valence-electron chi connectivity index (χ1n) is 9.60.